The SMILES string of the molecule is O=Cc1nc(Br)c2ccc(F)cn12. The van der Waals surface area contributed by atoms with Gasteiger partial charge in [0.25, 0.3) is 0 Å². The Morgan fingerprint density at radius 1 is 1.54 bits per heavy atom. The molecule has 66 valence electrons. The second-order valence-corrected chi connectivity index (χ2v) is 3.23. The Bertz CT molecular complexity index is 480. The van der Waals surface area contributed by atoms with Crippen LogP contribution in [0.15, 0.2) is 22.9 Å². The first-order chi connectivity index (χ1) is 6.22. The number of pyridine rings is 1. The highest BCUT2D eigenvalue weighted by atomic mass is 79.9. The summed E-state index contributed by atoms with van der Waals surface area (Å²) < 4.78 is 14.7. The Balaban J connectivity index is 2.89. The van der Waals surface area contributed by atoms with Gasteiger partial charge in [-0.2, -0.15) is 0 Å². The lowest BCUT2D eigenvalue weighted by Gasteiger charge is -1.94. The van der Waals surface area contributed by atoms with E-state index in [-0.39, 0.29) is 5.82 Å². The summed E-state index contributed by atoms with van der Waals surface area (Å²) in [5, 5.41) is 0. The third-order valence-corrected chi connectivity index (χ3v) is 2.27. The van der Waals surface area contributed by atoms with E-state index in [0.717, 1.165) is 0 Å². The lowest BCUT2D eigenvalue weighted by atomic mass is 10.4. The maximum Gasteiger partial charge on any atom is 0.185 e. The maximum absolute atomic E-state index is 12.8. The molecule has 5 heteroatoms. The van der Waals surface area contributed by atoms with Crippen molar-refractivity contribution in [2.75, 3.05) is 0 Å². The smallest absolute Gasteiger partial charge is 0.185 e. The highest BCUT2D eigenvalue weighted by Crippen LogP contribution is 2.18. The third kappa shape index (κ3) is 1.25. The zero-order chi connectivity index (χ0) is 9.42. The van der Waals surface area contributed by atoms with Gasteiger partial charge >= 0.3 is 0 Å². The van der Waals surface area contributed by atoms with Crippen molar-refractivity contribution in [3.8, 4) is 0 Å². The van der Waals surface area contributed by atoms with E-state index in [1.165, 1.54) is 16.7 Å². The van der Waals surface area contributed by atoms with Crippen LogP contribution in [0.25, 0.3) is 5.52 Å². The zero-order valence-electron chi connectivity index (χ0n) is 6.37. The van der Waals surface area contributed by atoms with Crippen molar-refractivity contribution >= 4 is 27.7 Å². The maximum atomic E-state index is 12.8. The molecule has 0 unspecified atom stereocenters. The van der Waals surface area contributed by atoms with Crippen molar-refractivity contribution in [1.82, 2.24) is 9.38 Å². The number of fused-ring (bicyclic) bond motifs is 1. The molecular weight excluding hydrogens is 239 g/mol. The van der Waals surface area contributed by atoms with Crippen LogP contribution in [-0.2, 0) is 0 Å². The van der Waals surface area contributed by atoms with Gasteiger partial charge in [-0.05, 0) is 28.1 Å². The number of carbonyl (C=O) groups excluding carboxylic acids is 1. The largest absolute Gasteiger partial charge is 0.294 e. The van der Waals surface area contributed by atoms with Crippen LogP contribution >= 0.6 is 15.9 Å². The predicted molar refractivity (Wildman–Crippen MR) is 48.2 cm³/mol. The van der Waals surface area contributed by atoms with E-state index in [2.05, 4.69) is 20.9 Å². The molecule has 2 heterocycles. The van der Waals surface area contributed by atoms with Gasteiger partial charge in [-0.1, -0.05) is 0 Å². The van der Waals surface area contributed by atoms with E-state index >= 15 is 0 Å². The number of hydrogen-bond acceptors (Lipinski definition) is 2. The highest BCUT2D eigenvalue weighted by molar-refractivity contribution is 9.10. The summed E-state index contributed by atoms with van der Waals surface area (Å²) in [6, 6.07) is 2.87. The van der Waals surface area contributed by atoms with Gasteiger partial charge in [0.1, 0.15) is 10.4 Å². The van der Waals surface area contributed by atoms with Gasteiger partial charge in [-0.25, -0.2) is 9.37 Å². The van der Waals surface area contributed by atoms with Crippen LogP contribution < -0.4 is 0 Å². The third-order valence-electron chi connectivity index (χ3n) is 1.69. The quantitative estimate of drug-likeness (QED) is 0.718. The number of halogens is 2. The molecule has 2 aromatic rings. The summed E-state index contributed by atoms with van der Waals surface area (Å²) in [5.41, 5.74) is 0.670. The topological polar surface area (TPSA) is 34.4 Å². The number of hydrogen-bond donors (Lipinski definition) is 0. The number of carbonyl (C=O) groups is 1. The van der Waals surface area contributed by atoms with Crippen molar-refractivity contribution in [3.63, 3.8) is 0 Å². The normalized spacial score (nSPS) is 10.6. The molecule has 0 aliphatic carbocycles. The monoisotopic (exact) mass is 242 g/mol. The van der Waals surface area contributed by atoms with Crippen LogP contribution in [0.2, 0.25) is 0 Å². The van der Waals surface area contributed by atoms with Crippen molar-refractivity contribution in [2.24, 2.45) is 0 Å². The van der Waals surface area contributed by atoms with E-state index in [4.69, 9.17) is 0 Å². The summed E-state index contributed by atoms with van der Waals surface area (Å²) in [6.07, 6.45) is 1.80. The second-order valence-electron chi connectivity index (χ2n) is 2.48. The molecule has 0 spiro atoms. The molecule has 0 saturated carbocycles. The summed E-state index contributed by atoms with van der Waals surface area (Å²) in [7, 11) is 0. The van der Waals surface area contributed by atoms with E-state index in [9.17, 15) is 9.18 Å². The number of rotatable bonds is 1. The van der Waals surface area contributed by atoms with Crippen molar-refractivity contribution in [1.29, 1.82) is 0 Å². The minimum Gasteiger partial charge on any atom is -0.294 e. The molecule has 0 aliphatic heterocycles. The van der Waals surface area contributed by atoms with Gasteiger partial charge in [0.15, 0.2) is 12.1 Å². The number of aromatic nitrogens is 2. The molecule has 3 nitrogen and oxygen atoms in total. The summed E-state index contributed by atoms with van der Waals surface area (Å²) in [6.45, 7) is 0. The van der Waals surface area contributed by atoms with Gasteiger partial charge < -0.3 is 0 Å². The molecular formula is C8H4BrFN2O. The zero-order valence-corrected chi connectivity index (χ0v) is 7.95. The molecule has 0 aliphatic rings. The lowest BCUT2D eigenvalue weighted by Crippen LogP contribution is -1.92. The Kier molecular flexibility index (Phi) is 1.88. The first-order valence-corrected chi connectivity index (χ1v) is 4.30. The van der Waals surface area contributed by atoms with Gasteiger partial charge in [0.2, 0.25) is 0 Å². The Morgan fingerprint density at radius 2 is 2.31 bits per heavy atom. The molecule has 0 N–H and O–H groups in total. The Labute approximate surface area is 81.3 Å². The van der Waals surface area contributed by atoms with Gasteiger partial charge in [-0.3, -0.25) is 9.20 Å². The average molecular weight is 243 g/mol. The number of imidazole rings is 1. The fourth-order valence-corrected chi connectivity index (χ4v) is 1.63. The van der Waals surface area contributed by atoms with E-state index in [1.54, 1.807) is 6.07 Å². The summed E-state index contributed by atoms with van der Waals surface area (Å²) >= 11 is 3.17. The summed E-state index contributed by atoms with van der Waals surface area (Å²) in [5.74, 6) is -0.220. The molecule has 13 heavy (non-hydrogen) atoms. The van der Waals surface area contributed by atoms with Gasteiger partial charge in [0, 0.05) is 6.20 Å². The second kappa shape index (κ2) is 2.92. The summed E-state index contributed by atoms with van der Waals surface area (Å²) in [4.78, 5) is 14.4. The molecule has 0 fully saturated rings. The van der Waals surface area contributed by atoms with Crippen LogP contribution in [-0.4, -0.2) is 15.7 Å². The average Bonchev–Trinajstić information content (AvgIpc) is 2.42. The van der Waals surface area contributed by atoms with E-state index in [1.807, 2.05) is 0 Å². The highest BCUT2D eigenvalue weighted by Gasteiger charge is 2.07. The van der Waals surface area contributed by atoms with Crippen LogP contribution in [0, 0.1) is 5.82 Å². The van der Waals surface area contributed by atoms with Crippen LogP contribution in [0.1, 0.15) is 10.6 Å². The lowest BCUT2D eigenvalue weighted by molar-refractivity contribution is 0.111. The number of aldehydes is 1. The fourth-order valence-electron chi connectivity index (χ4n) is 1.13. The molecule has 0 saturated heterocycles. The van der Waals surface area contributed by atoms with E-state index < -0.39 is 5.82 Å². The fraction of sp³-hybridized carbons (Fsp3) is 0. The Hall–Kier alpha value is -1.23. The molecule has 0 radical (unpaired) electrons. The van der Waals surface area contributed by atoms with Crippen LogP contribution in [0.5, 0.6) is 0 Å². The molecule has 0 atom stereocenters. The first kappa shape index (κ1) is 8.37. The molecule has 2 aromatic heterocycles. The predicted octanol–water partition coefficient (Wildman–Crippen LogP) is 2.05. The van der Waals surface area contributed by atoms with Crippen LogP contribution in [0.4, 0.5) is 4.39 Å². The minimum absolute atomic E-state index is 0.182. The molecule has 2 rings (SSSR count). The molecule has 0 amide bonds. The van der Waals surface area contributed by atoms with Gasteiger partial charge in [0.05, 0.1) is 5.52 Å². The molecule has 0 aromatic carbocycles. The minimum atomic E-state index is -0.402. The Morgan fingerprint density at radius 3 is 3.00 bits per heavy atom. The number of nitrogens with zero attached hydrogens (tertiary/aromatic N) is 2. The standard InChI is InChI=1S/C8H4BrFN2O/c9-8-6-2-1-5(10)3-12(6)7(4-13)11-8/h1-4H. The van der Waals surface area contributed by atoms with Crippen LogP contribution in [0.3, 0.4) is 0 Å². The van der Waals surface area contributed by atoms with Crippen molar-refractivity contribution in [2.45, 2.75) is 0 Å². The molecule has 0 bridgehead atoms. The van der Waals surface area contributed by atoms with Crippen molar-refractivity contribution < 1.29 is 9.18 Å². The first-order valence-electron chi connectivity index (χ1n) is 3.50. The van der Waals surface area contributed by atoms with Gasteiger partial charge in [-0.15, -0.1) is 0 Å². The van der Waals surface area contributed by atoms with E-state index in [0.29, 0.717) is 16.4 Å². The van der Waals surface area contributed by atoms with Crippen molar-refractivity contribution in [3.05, 3.63) is 34.6 Å².